The predicted octanol–water partition coefficient (Wildman–Crippen LogP) is 13.9. The highest BCUT2D eigenvalue weighted by molar-refractivity contribution is 4.54. The Morgan fingerprint density at radius 3 is 0.634 bits per heavy atom. The second kappa shape index (κ2) is 30.0. The van der Waals surface area contributed by atoms with Crippen LogP contribution in [0.2, 0.25) is 0 Å². The standard InChI is InChI=1S/C40H84N/c1-38(2)32-26-20-14-8-11-17-23-29-35-41(7,36-30-24-18-12-9-15-21-27-33-39(3)4)37-31-25-19-13-10-16-22-28-34-40(5)6/h38-40H,8-37H2,1-7H3/q+1. The smallest absolute Gasteiger partial charge is 0.0784 e. The highest BCUT2D eigenvalue weighted by Crippen LogP contribution is 2.18. The molecule has 0 saturated carbocycles. The molecule has 0 aliphatic rings. The minimum absolute atomic E-state index is 0.885. The predicted molar refractivity (Wildman–Crippen MR) is 190 cm³/mol. The summed E-state index contributed by atoms with van der Waals surface area (Å²) in [5.41, 5.74) is 0. The third-order valence-corrected chi connectivity index (χ3v) is 9.69. The lowest BCUT2D eigenvalue weighted by molar-refractivity contribution is -0.910. The van der Waals surface area contributed by atoms with Gasteiger partial charge in [-0.3, -0.25) is 0 Å². The van der Waals surface area contributed by atoms with E-state index >= 15 is 0 Å². The highest BCUT2D eigenvalue weighted by Gasteiger charge is 2.20. The summed E-state index contributed by atoms with van der Waals surface area (Å²) in [4.78, 5) is 0. The summed E-state index contributed by atoms with van der Waals surface area (Å²) in [5, 5.41) is 0. The van der Waals surface area contributed by atoms with Crippen molar-refractivity contribution in [3.63, 3.8) is 0 Å². The third kappa shape index (κ3) is 32.7. The lowest BCUT2D eigenvalue weighted by Gasteiger charge is -2.35. The zero-order chi connectivity index (χ0) is 30.4. The molecule has 0 rings (SSSR count). The molecular weight excluding hydrogens is 494 g/mol. The molecule has 0 saturated heterocycles. The number of hydrogen-bond donors (Lipinski definition) is 0. The summed E-state index contributed by atoms with van der Waals surface area (Å²) < 4.78 is 1.36. The van der Waals surface area contributed by atoms with E-state index in [-0.39, 0.29) is 0 Å². The van der Waals surface area contributed by atoms with Crippen molar-refractivity contribution in [3.8, 4) is 0 Å². The Kier molecular flexibility index (Phi) is 30.0. The number of hydrogen-bond acceptors (Lipinski definition) is 0. The molecule has 0 N–H and O–H groups in total. The molecule has 0 aliphatic heterocycles. The Morgan fingerprint density at radius 1 is 0.268 bits per heavy atom. The van der Waals surface area contributed by atoms with Gasteiger partial charge in [0.25, 0.3) is 0 Å². The number of rotatable bonds is 33. The minimum Gasteiger partial charge on any atom is -0.326 e. The molecule has 0 aliphatic carbocycles. The van der Waals surface area contributed by atoms with Crippen molar-refractivity contribution in [1.82, 2.24) is 0 Å². The molecule has 0 spiro atoms. The van der Waals surface area contributed by atoms with Crippen molar-refractivity contribution >= 4 is 0 Å². The van der Waals surface area contributed by atoms with Gasteiger partial charge in [-0.1, -0.05) is 176 Å². The zero-order valence-corrected chi connectivity index (χ0v) is 30.4. The van der Waals surface area contributed by atoms with E-state index in [0.29, 0.717) is 0 Å². The maximum atomic E-state index is 2.61. The normalized spacial score (nSPS) is 12.4. The summed E-state index contributed by atoms with van der Waals surface area (Å²) in [7, 11) is 2.61. The van der Waals surface area contributed by atoms with Crippen molar-refractivity contribution in [3.05, 3.63) is 0 Å². The van der Waals surface area contributed by atoms with Crippen LogP contribution in [0, 0.1) is 17.8 Å². The average molecular weight is 579 g/mol. The van der Waals surface area contributed by atoms with Gasteiger partial charge in [0.05, 0.1) is 26.7 Å². The highest BCUT2D eigenvalue weighted by atomic mass is 15.3. The van der Waals surface area contributed by atoms with Crippen LogP contribution in [0.25, 0.3) is 0 Å². The molecule has 0 aromatic heterocycles. The van der Waals surface area contributed by atoms with Gasteiger partial charge in [0, 0.05) is 0 Å². The van der Waals surface area contributed by atoms with Crippen LogP contribution in [-0.4, -0.2) is 31.2 Å². The van der Waals surface area contributed by atoms with Crippen molar-refractivity contribution in [2.75, 3.05) is 26.7 Å². The Bertz CT molecular complexity index is 424. The molecule has 0 aromatic rings. The van der Waals surface area contributed by atoms with Gasteiger partial charge in [0.15, 0.2) is 0 Å². The van der Waals surface area contributed by atoms with Crippen LogP contribution in [0.5, 0.6) is 0 Å². The summed E-state index contributed by atoms with van der Waals surface area (Å²) >= 11 is 0. The van der Waals surface area contributed by atoms with E-state index in [9.17, 15) is 0 Å². The van der Waals surface area contributed by atoms with Crippen LogP contribution in [0.1, 0.15) is 215 Å². The molecule has 1 heteroatoms. The van der Waals surface area contributed by atoms with Gasteiger partial charge in [-0.2, -0.15) is 0 Å². The fraction of sp³-hybridized carbons (Fsp3) is 1.00. The fourth-order valence-electron chi connectivity index (χ4n) is 6.66. The first-order valence-corrected chi connectivity index (χ1v) is 19.6. The van der Waals surface area contributed by atoms with Crippen molar-refractivity contribution < 1.29 is 4.48 Å². The summed E-state index contributed by atoms with van der Waals surface area (Å²) in [6, 6.07) is 0. The Hall–Kier alpha value is -0.0400. The van der Waals surface area contributed by atoms with E-state index < -0.39 is 0 Å². The topological polar surface area (TPSA) is 0 Å². The van der Waals surface area contributed by atoms with Gasteiger partial charge in [0.1, 0.15) is 0 Å². The van der Waals surface area contributed by atoms with E-state index in [1.807, 2.05) is 0 Å². The Labute approximate surface area is 263 Å². The summed E-state index contributed by atoms with van der Waals surface area (Å²) in [6.07, 6.45) is 39.4. The molecule has 0 atom stereocenters. The number of quaternary nitrogens is 1. The molecule has 0 bridgehead atoms. The third-order valence-electron chi connectivity index (χ3n) is 9.69. The van der Waals surface area contributed by atoms with Gasteiger partial charge in [-0.15, -0.1) is 0 Å². The SMILES string of the molecule is CC(C)CCCCCCCCCC[N+](C)(CCCCCCCCCCC(C)C)CCCCCCCCCCC(C)C. The first-order chi connectivity index (χ1) is 19.7. The van der Waals surface area contributed by atoms with Crippen LogP contribution in [0.15, 0.2) is 0 Å². The van der Waals surface area contributed by atoms with E-state index in [0.717, 1.165) is 17.8 Å². The lowest BCUT2D eigenvalue weighted by Crippen LogP contribution is -2.46. The zero-order valence-electron chi connectivity index (χ0n) is 30.4. The van der Waals surface area contributed by atoms with E-state index in [1.165, 1.54) is 197 Å². The lowest BCUT2D eigenvalue weighted by atomic mass is 10.0. The van der Waals surface area contributed by atoms with E-state index in [1.54, 1.807) is 0 Å². The molecule has 0 heterocycles. The Morgan fingerprint density at radius 2 is 0.439 bits per heavy atom. The first-order valence-electron chi connectivity index (χ1n) is 19.6. The maximum Gasteiger partial charge on any atom is 0.0784 e. The van der Waals surface area contributed by atoms with E-state index in [4.69, 9.17) is 0 Å². The van der Waals surface area contributed by atoms with Gasteiger partial charge >= 0.3 is 0 Å². The van der Waals surface area contributed by atoms with Gasteiger partial charge in [-0.05, 0) is 56.3 Å². The fourth-order valence-corrected chi connectivity index (χ4v) is 6.66. The molecule has 0 amide bonds. The molecule has 0 aromatic carbocycles. The average Bonchev–Trinajstić information content (AvgIpc) is 2.91. The molecule has 0 unspecified atom stereocenters. The van der Waals surface area contributed by atoms with Crippen molar-refractivity contribution in [2.45, 2.75) is 215 Å². The van der Waals surface area contributed by atoms with Crippen LogP contribution in [-0.2, 0) is 0 Å². The Balaban J connectivity index is 4.11. The number of nitrogens with zero attached hydrogens (tertiary/aromatic N) is 1. The molecule has 41 heavy (non-hydrogen) atoms. The second-order valence-corrected chi connectivity index (χ2v) is 15.8. The maximum absolute atomic E-state index is 2.61. The minimum atomic E-state index is 0.885. The van der Waals surface area contributed by atoms with Crippen LogP contribution < -0.4 is 0 Å². The largest absolute Gasteiger partial charge is 0.326 e. The van der Waals surface area contributed by atoms with Gasteiger partial charge in [0.2, 0.25) is 0 Å². The molecule has 0 radical (unpaired) electrons. The monoisotopic (exact) mass is 579 g/mol. The molecule has 1 nitrogen and oxygen atoms in total. The summed E-state index contributed by atoms with van der Waals surface area (Å²) in [5.74, 6) is 2.66. The number of unbranched alkanes of at least 4 members (excludes halogenated alkanes) is 21. The van der Waals surface area contributed by atoms with E-state index in [2.05, 4.69) is 48.6 Å². The molecular formula is C40H84N+. The van der Waals surface area contributed by atoms with Gasteiger partial charge in [-0.25, -0.2) is 0 Å². The van der Waals surface area contributed by atoms with Crippen molar-refractivity contribution in [1.29, 1.82) is 0 Å². The quantitative estimate of drug-likeness (QED) is 0.0536. The van der Waals surface area contributed by atoms with Crippen molar-refractivity contribution in [2.24, 2.45) is 17.8 Å². The molecule has 248 valence electrons. The van der Waals surface area contributed by atoms with Crippen LogP contribution >= 0.6 is 0 Å². The molecule has 0 fully saturated rings. The van der Waals surface area contributed by atoms with Crippen LogP contribution in [0.3, 0.4) is 0 Å². The second-order valence-electron chi connectivity index (χ2n) is 15.8. The first kappa shape index (κ1) is 41.0. The van der Waals surface area contributed by atoms with Gasteiger partial charge < -0.3 is 4.48 Å². The van der Waals surface area contributed by atoms with Crippen LogP contribution in [0.4, 0.5) is 0 Å². The summed E-state index contributed by atoms with van der Waals surface area (Å²) in [6.45, 7) is 18.5.